The van der Waals surface area contributed by atoms with E-state index in [-0.39, 0.29) is 11.7 Å². The molecule has 1 N–H and O–H groups in total. The fraction of sp³-hybridized carbons (Fsp3) is 0.125. The molecule has 33 heavy (non-hydrogen) atoms. The second kappa shape index (κ2) is 8.80. The molecule has 3 aromatic carbocycles. The number of aromatic nitrogens is 3. The summed E-state index contributed by atoms with van der Waals surface area (Å²) >= 11 is 7.50. The third kappa shape index (κ3) is 3.92. The number of amides is 1. The number of imidazole rings is 1. The summed E-state index contributed by atoms with van der Waals surface area (Å²) in [6, 6.07) is 19.0. The van der Waals surface area contributed by atoms with Gasteiger partial charge in [0, 0.05) is 17.5 Å². The van der Waals surface area contributed by atoms with Gasteiger partial charge >= 0.3 is 0 Å². The second-order valence-electron chi connectivity index (χ2n) is 7.19. The quantitative estimate of drug-likeness (QED) is 0.259. The molecule has 0 saturated carbocycles. The summed E-state index contributed by atoms with van der Waals surface area (Å²) in [6.07, 6.45) is 0. The fourth-order valence-corrected chi connectivity index (χ4v) is 4.72. The van der Waals surface area contributed by atoms with Gasteiger partial charge in [-0.15, -0.1) is 0 Å². The SMILES string of the molecule is COc1cc(NC(=O)CSc2nc3ccccc3c3nc4ccccc4n23)c(OC)cc1Cl. The lowest BCUT2D eigenvalue weighted by atomic mass is 10.2. The maximum absolute atomic E-state index is 12.8. The molecule has 5 rings (SSSR count). The van der Waals surface area contributed by atoms with E-state index in [4.69, 9.17) is 31.0 Å². The first-order valence-corrected chi connectivity index (χ1v) is 11.5. The van der Waals surface area contributed by atoms with Crippen LogP contribution >= 0.6 is 23.4 Å². The third-order valence-corrected chi connectivity index (χ3v) is 6.43. The number of fused-ring (bicyclic) bond motifs is 5. The molecule has 0 bridgehead atoms. The van der Waals surface area contributed by atoms with Crippen LogP contribution in [-0.4, -0.2) is 40.2 Å². The first kappa shape index (κ1) is 21.4. The molecule has 0 spiro atoms. The van der Waals surface area contributed by atoms with Gasteiger partial charge in [-0.1, -0.05) is 47.6 Å². The summed E-state index contributed by atoms with van der Waals surface area (Å²) in [4.78, 5) is 22.5. The first-order chi connectivity index (χ1) is 16.1. The van der Waals surface area contributed by atoms with E-state index in [2.05, 4.69) is 5.32 Å². The Morgan fingerprint density at radius 3 is 2.52 bits per heavy atom. The average molecular weight is 479 g/mol. The molecule has 2 aromatic heterocycles. The fourth-order valence-electron chi connectivity index (χ4n) is 3.68. The number of rotatable bonds is 6. The highest BCUT2D eigenvalue weighted by Gasteiger charge is 2.17. The number of carbonyl (C=O) groups excluding carboxylic acids is 1. The number of para-hydroxylation sites is 3. The van der Waals surface area contributed by atoms with Crippen molar-refractivity contribution in [2.75, 3.05) is 25.3 Å². The van der Waals surface area contributed by atoms with Crippen molar-refractivity contribution in [3.8, 4) is 11.5 Å². The number of methoxy groups -OCH3 is 2. The van der Waals surface area contributed by atoms with E-state index in [1.54, 1.807) is 12.1 Å². The van der Waals surface area contributed by atoms with Crippen LogP contribution in [0.4, 0.5) is 5.69 Å². The molecule has 1 amide bonds. The van der Waals surface area contributed by atoms with Crippen LogP contribution in [0.2, 0.25) is 5.02 Å². The van der Waals surface area contributed by atoms with Crippen LogP contribution in [0, 0.1) is 0 Å². The predicted octanol–water partition coefficient (Wildman–Crippen LogP) is 5.44. The zero-order chi connectivity index (χ0) is 22.9. The second-order valence-corrected chi connectivity index (χ2v) is 8.54. The van der Waals surface area contributed by atoms with Crippen LogP contribution in [-0.2, 0) is 4.79 Å². The van der Waals surface area contributed by atoms with Crippen LogP contribution in [0.3, 0.4) is 0 Å². The molecule has 0 aliphatic rings. The number of hydrogen-bond acceptors (Lipinski definition) is 6. The lowest BCUT2D eigenvalue weighted by Gasteiger charge is -2.13. The highest BCUT2D eigenvalue weighted by molar-refractivity contribution is 7.99. The summed E-state index contributed by atoms with van der Waals surface area (Å²) in [5.74, 6) is 0.825. The Balaban J connectivity index is 1.48. The summed E-state index contributed by atoms with van der Waals surface area (Å²) in [5, 5.41) is 4.92. The van der Waals surface area contributed by atoms with Crippen molar-refractivity contribution < 1.29 is 14.3 Å². The molecule has 5 aromatic rings. The molecule has 2 heterocycles. The summed E-state index contributed by atoms with van der Waals surface area (Å²) < 4.78 is 12.6. The van der Waals surface area contributed by atoms with Crippen LogP contribution in [0.15, 0.2) is 65.8 Å². The van der Waals surface area contributed by atoms with Gasteiger partial charge in [-0.05, 0) is 24.3 Å². The number of anilines is 1. The maximum atomic E-state index is 12.8. The summed E-state index contributed by atoms with van der Waals surface area (Å²) in [6.45, 7) is 0. The molecule has 0 fully saturated rings. The molecule has 0 radical (unpaired) electrons. The number of nitrogens with one attached hydrogen (secondary N) is 1. The van der Waals surface area contributed by atoms with E-state index in [9.17, 15) is 4.79 Å². The Kier molecular flexibility index (Phi) is 5.70. The molecule has 0 atom stereocenters. The van der Waals surface area contributed by atoms with Crippen molar-refractivity contribution >= 4 is 62.5 Å². The molecule has 0 aliphatic carbocycles. The molecule has 0 saturated heterocycles. The lowest BCUT2D eigenvalue weighted by Crippen LogP contribution is -2.15. The molecule has 7 nitrogen and oxygen atoms in total. The molecule has 166 valence electrons. The van der Waals surface area contributed by atoms with Crippen molar-refractivity contribution in [3.05, 3.63) is 65.7 Å². The highest BCUT2D eigenvalue weighted by atomic mass is 35.5. The monoisotopic (exact) mass is 478 g/mol. The number of nitrogens with zero attached hydrogens (tertiary/aromatic N) is 3. The minimum Gasteiger partial charge on any atom is -0.495 e. The van der Waals surface area contributed by atoms with Crippen LogP contribution in [0.25, 0.3) is 27.6 Å². The number of benzene rings is 3. The minimum atomic E-state index is -0.213. The Morgan fingerprint density at radius 1 is 1.00 bits per heavy atom. The normalized spacial score (nSPS) is 11.2. The van der Waals surface area contributed by atoms with E-state index in [0.29, 0.717) is 27.4 Å². The number of hydrogen-bond donors (Lipinski definition) is 1. The highest BCUT2D eigenvalue weighted by Crippen LogP contribution is 2.36. The first-order valence-electron chi connectivity index (χ1n) is 10.1. The van der Waals surface area contributed by atoms with Gasteiger partial charge < -0.3 is 14.8 Å². The molecule has 0 aliphatic heterocycles. The van der Waals surface area contributed by atoms with Crippen molar-refractivity contribution in [1.29, 1.82) is 0 Å². The van der Waals surface area contributed by atoms with E-state index in [0.717, 1.165) is 27.6 Å². The van der Waals surface area contributed by atoms with Crippen LogP contribution in [0.5, 0.6) is 11.5 Å². The smallest absolute Gasteiger partial charge is 0.234 e. The van der Waals surface area contributed by atoms with Gasteiger partial charge in [-0.25, -0.2) is 9.97 Å². The third-order valence-electron chi connectivity index (χ3n) is 5.19. The number of ether oxygens (including phenoxy) is 2. The van der Waals surface area contributed by atoms with Crippen molar-refractivity contribution in [3.63, 3.8) is 0 Å². The van der Waals surface area contributed by atoms with Gasteiger partial charge in [0.15, 0.2) is 5.16 Å². The number of thioether (sulfide) groups is 1. The van der Waals surface area contributed by atoms with Crippen molar-refractivity contribution in [2.45, 2.75) is 5.16 Å². The molecule has 0 unspecified atom stereocenters. The van der Waals surface area contributed by atoms with Gasteiger partial charge in [0.25, 0.3) is 0 Å². The van der Waals surface area contributed by atoms with Gasteiger partial charge in [0.1, 0.15) is 17.1 Å². The zero-order valence-corrected chi connectivity index (χ0v) is 19.4. The lowest BCUT2D eigenvalue weighted by molar-refractivity contribution is -0.113. The van der Waals surface area contributed by atoms with E-state index >= 15 is 0 Å². The van der Waals surface area contributed by atoms with Gasteiger partial charge in [-0.2, -0.15) is 0 Å². The van der Waals surface area contributed by atoms with E-state index in [1.165, 1.54) is 26.0 Å². The van der Waals surface area contributed by atoms with E-state index in [1.807, 2.05) is 52.9 Å². The zero-order valence-electron chi connectivity index (χ0n) is 17.8. The van der Waals surface area contributed by atoms with Gasteiger partial charge in [0.2, 0.25) is 5.91 Å². The summed E-state index contributed by atoms with van der Waals surface area (Å²) in [7, 11) is 3.03. The average Bonchev–Trinajstić information content (AvgIpc) is 3.23. The number of halogens is 1. The Labute approximate surface area is 198 Å². The van der Waals surface area contributed by atoms with Crippen molar-refractivity contribution in [2.24, 2.45) is 0 Å². The molecule has 9 heteroatoms. The van der Waals surface area contributed by atoms with Gasteiger partial charge in [0.05, 0.1) is 47.2 Å². The maximum Gasteiger partial charge on any atom is 0.234 e. The Hall–Kier alpha value is -3.49. The van der Waals surface area contributed by atoms with E-state index < -0.39 is 0 Å². The van der Waals surface area contributed by atoms with Crippen LogP contribution < -0.4 is 14.8 Å². The largest absolute Gasteiger partial charge is 0.495 e. The Bertz CT molecular complexity index is 1520. The predicted molar refractivity (Wildman–Crippen MR) is 132 cm³/mol. The Morgan fingerprint density at radius 2 is 1.73 bits per heavy atom. The topological polar surface area (TPSA) is 77.8 Å². The minimum absolute atomic E-state index is 0.140. The van der Waals surface area contributed by atoms with Crippen LogP contribution in [0.1, 0.15) is 0 Å². The molecular formula is C24H19ClN4O3S. The standard InChI is InChI=1S/C24H19ClN4O3S/c1-31-20-12-18(21(32-2)11-15(20)25)26-22(30)13-33-24-28-16-8-4-3-7-14(16)23-27-17-9-5-6-10-19(17)29(23)24/h3-12H,13H2,1-2H3,(H,26,30). The molecular weight excluding hydrogens is 460 g/mol. The number of carbonyl (C=O) groups is 1. The summed E-state index contributed by atoms with van der Waals surface area (Å²) in [5.41, 5.74) is 3.94. The van der Waals surface area contributed by atoms with Gasteiger partial charge in [-0.3, -0.25) is 9.20 Å². The van der Waals surface area contributed by atoms with Crippen molar-refractivity contribution in [1.82, 2.24) is 14.4 Å².